The molecule has 0 saturated heterocycles. The smallest absolute Gasteiger partial charge is 0.185 e. The number of para-hydroxylation sites is 1. The van der Waals surface area contributed by atoms with Gasteiger partial charge in [-0.1, -0.05) is 30.3 Å². The van der Waals surface area contributed by atoms with Crippen LogP contribution in [0.2, 0.25) is 0 Å². The number of hydrogen-bond donors (Lipinski definition) is 2. The van der Waals surface area contributed by atoms with Gasteiger partial charge in [0.1, 0.15) is 5.75 Å². The molecule has 0 radical (unpaired) electrons. The quantitative estimate of drug-likeness (QED) is 0.492. The van der Waals surface area contributed by atoms with Gasteiger partial charge in [0.05, 0.1) is 0 Å². The van der Waals surface area contributed by atoms with Crippen LogP contribution in [0.1, 0.15) is 15.9 Å². The molecule has 2 rings (SSSR count). The molecule has 0 bridgehead atoms. The summed E-state index contributed by atoms with van der Waals surface area (Å²) < 4.78 is 0. The van der Waals surface area contributed by atoms with Crippen molar-refractivity contribution in [2.24, 2.45) is 0 Å². The zero-order valence-corrected chi connectivity index (χ0v) is 9.71. The fraction of sp³-hybridized carbons (Fsp3) is 0. The fourth-order valence-corrected chi connectivity index (χ4v) is 1.58. The molecule has 0 aliphatic heterocycles. The monoisotopic (exact) mass is 239 g/mol. The van der Waals surface area contributed by atoms with Gasteiger partial charge in [0.25, 0.3) is 0 Å². The minimum absolute atomic E-state index is 0.147. The number of ketones is 1. The molecular weight excluding hydrogens is 226 g/mol. The molecule has 2 aromatic carbocycles. The SMILES string of the molecule is Nc1cccc(C(=O)/C=C/c2ccccc2O)c1. The molecule has 0 fully saturated rings. The summed E-state index contributed by atoms with van der Waals surface area (Å²) in [6, 6.07) is 13.6. The van der Waals surface area contributed by atoms with E-state index >= 15 is 0 Å². The molecular formula is C15H13NO2. The Kier molecular flexibility index (Phi) is 3.44. The van der Waals surface area contributed by atoms with Crippen molar-refractivity contribution in [3.05, 3.63) is 65.7 Å². The van der Waals surface area contributed by atoms with Crippen molar-refractivity contribution < 1.29 is 9.90 Å². The van der Waals surface area contributed by atoms with Crippen LogP contribution in [-0.4, -0.2) is 10.9 Å². The summed E-state index contributed by atoms with van der Waals surface area (Å²) in [7, 11) is 0. The number of hydrogen-bond acceptors (Lipinski definition) is 3. The lowest BCUT2D eigenvalue weighted by Gasteiger charge is -1.99. The maximum absolute atomic E-state index is 11.9. The second kappa shape index (κ2) is 5.19. The molecule has 3 N–H and O–H groups in total. The van der Waals surface area contributed by atoms with Gasteiger partial charge in [-0.3, -0.25) is 4.79 Å². The zero-order chi connectivity index (χ0) is 13.0. The number of anilines is 1. The van der Waals surface area contributed by atoms with Crippen molar-refractivity contribution in [2.75, 3.05) is 5.73 Å². The standard InChI is InChI=1S/C15H13NO2/c16-13-6-3-5-12(10-13)15(18)9-8-11-4-1-2-7-14(11)17/h1-10,17H,16H2/b9-8+. The van der Waals surface area contributed by atoms with Crippen LogP contribution in [-0.2, 0) is 0 Å². The van der Waals surface area contributed by atoms with Gasteiger partial charge >= 0.3 is 0 Å². The van der Waals surface area contributed by atoms with Crippen molar-refractivity contribution in [3.8, 4) is 5.75 Å². The normalized spacial score (nSPS) is 10.7. The maximum atomic E-state index is 11.9. The summed E-state index contributed by atoms with van der Waals surface area (Å²) in [6.45, 7) is 0. The lowest BCUT2D eigenvalue weighted by atomic mass is 10.1. The number of allylic oxidation sites excluding steroid dienone is 1. The first-order valence-corrected chi connectivity index (χ1v) is 5.53. The van der Waals surface area contributed by atoms with Crippen LogP contribution in [0.15, 0.2) is 54.6 Å². The third-order valence-corrected chi connectivity index (χ3v) is 2.52. The summed E-state index contributed by atoms with van der Waals surface area (Å²) in [4.78, 5) is 11.9. The summed E-state index contributed by atoms with van der Waals surface area (Å²) in [5, 5.41) is 9.56. The number of nitrogens with two attached hydrogens (primary N) is 1. The van der Waals surface area contributed by atoms with Gasteiger partial charge in [-0.2, -0.15) is 0 Å². The second-order valence-electron chi connectivity index (χ2n) is 3.88. The minimum atomic E-state index is -0.148. The van der Waals surface area contributed by atoms with E-state index in [1.165, 1.54) is 6.08 Å². The van der Waals surface area contributed by atoms with Gasteiger partial charge in [-0.05, 0) is 30.4 Å². The number of phenols is 1. The molecule has 0 unspecified atom stereocenters. The van der Waals surface area contributed by atoms with E-state index in [0.29, 0.717) is 16.8 Å². The molecule has 0 saturated carbocycles. The van der Waals surface area contributed by atoms with Crippen LogP contribution in [0.5, 0.6) is 5.75 Å². The molecule has 3 heteroatoms. The molecule has 0 aromatic heterocycles. The van der Waals surface area contributed by atoms with E-state index in [9.17, 15) is 9.90 Å². The summed E-state index contributed by atoms with van der Waals surface area (Å²) in [5.41, 5.74) is 7.30. The van der Waals surface area contributed by atoms with E-state index in [1.54, 1.807) is 54.6 Å². The van der Waals surface area contributed by atoms with Gasteiger partial charge in [0.2, 0.25) is 0 Å². The first-order chi connectivity index (χ1) is 8.66. The van der Waals surface area contributed by atoms with Crippen molar-refractivity contribution in [1.29, 1.82) is 0 Å². The van der Waals surface area contributed by atoms with Crippen molar-refractivity contribution >= 4 is 17.5 Å². The molecule has 0 spiro atoms. The predicted octanol–water partition coefficient (Wildman–Crippen LogP) is 2.87. The average molecular weight is 239 g/mol. The molecule has 18 heavy (non-hydrogen) atoms. The third-order valence-electron chi connectivity index (χ3n) is 2.52. The first-order valence-electron chi connectivity index (χ1n) is 5.53. The van der Waals surface area contributed by atoms with Crippen molar-refractivity contribution in [3.63, 3.8) is 0 Å². The Morgan fingerprint density at radius 1 is 1.11 bits per heavy atom. The molecule has 0 amide bonds. The molecule has 0 aliphatic rings. The highest BCUT2D eigenvalue weighted by molar-refractivity contribution is 6.07. The van der Waals surface area contributed by atoms with E-state index in [-0.39, 0.29) is 11.5 Å². The highest BCUT2D eigenvalue weighted by Gasteiger charge is 2.02. The Hall–Kier alpha value is -2.55. The Morgan fingerprint density at radius 3 is 2.61 bits per heavy atom. The highest BCUT2D eigenvalue weighted by atomic mass is 16.3. The number of rotatable bonds is 3. The van der Waals surface area contributed by atoms with Crippen LogP contribution < -0.4 is 5.73 Å². The molecule has 3 nitrogen and oxygen atoms in total. The molecule has 90 valence electrons. The third kappa shape index (κ3) is 2.77. The van der Waals surface area contributed by atoms with Crippen molar-refractivity contribution in [2.45, 2.75) is 0 Å². The highest BCUT2D eigenvalue weighted by Crippen LogP contribution is 2.17. The Balaban J connectivity index is 2.20. The lowest BCUT2D eigenvalue weighted by Crippen LogP contribution is -1.95. The summed E-state index contributed by atoms with van der Waals surface area (Å²) >= 11 is 0. The van der Waals surface area contributed by atoms with Crippen molar-refractivity contribution in [1.82, 2.24) is 0 Å². The number of benzene rings is 2. The number of carbonyl (C=O) groups excluding carboxylic acids is 1. The summed E-state index contributed by atoms with van der Waals surface area (Å²) in [5.74, 6) is -0.000298. The van der Waals surface area contributed by atoms with Crippen LogP contribution in [0.25, 0.3) is 6.08 Å². The number of phenolic OH excluding ortho intramolecular Hbond substituents is 1. The van der Waals surface area contributed by atoms with E-state index < -0.39 is 0 Å². The predicted molar refractivity (Wildman–Crippen MR) is 72.3 cm³/mol. The Bertz CT molecular complexity index is 603. The van der Waals surface area contributed by atoms with E-state index in [1.807, 2.05) is 0 Å². The molecule has 0 heterocycles. The van der Waals surface area contributed by atoms with Crippen LogP contribution >= 0.6 is 0 Å². The van der Waals surface area contributed by atoms with E-state index in [2.05, 4.69) is 0 Å². The fourth-order valence-electron chi connectivity index (χ4n) is 1.58. The topological polar surface area (TPSA) is 63.3 Å². The van der Waals surface area contributed by atoms with Gasteiger partial charge < -0.3 is 10.8 Å². The number of aromatic hydroxyl groups is 1. The average Bonchev–Trinajstić information content (AvgIpc) is 2.37. The Morgan fingerprint density at radius 2 is 1.89 bits per heavy atom. The molecule has 2 aromatic rings. The summed E-state index contributed by atoms with van der Waals surface area (Å²) in [6.07, 6.45) is 3.00. The second-order valence-corrected chi connectivity index (χ2v) is 3.88. The molecule has 0 atom stereocenters. The van der Waals surface area contributed by atoms with Crippen LogP contribution in [0.4, 0.5) is 5.69 Å². The maximum Gasteiger partial charge on any atom is 0.185 e. The van der Waals surface area contributed by atoms with E-state index in [0.717, 1.165) is 0 Å². The zero-order valence-electron chi connectivity index (χ0n) is 9.71. The van der Waals surface area contributed by atoms with Crippen LogP contribution in [0.3, 0.4) is 0 Å². The van der Waals surface area contributed by atoms with Crippen LogP contribution in [0, 0.1) is 0 Å². The first kappa shape index (κ1) is 11.9. The van der Waals surface area contributed by atoms with Gasteiger partial charge in [0, 0.05) is 16.8 Å². The lowest BCUT2D eigenvalue weighted by molar-refractivity contribution is 0.104. The largest absolute Gasteiger partial charge is 0.507 e. The van der Waals surface area contributed by atoms with Gasteiger partial charge in [-0.25, -0.2) is 0 Å². The van der Waals surface area contributed by atoms with Gasteiger partial charge in [0.15, 0.2) is 5.78 Å². The minimum Gasteiger partial charge on any atom is -0.507 e. The number of carbonyl (C=O) groups is 1. The Labute approximate surface area is 105 Å². The number of nitrogen functional groups attached to an aromatic ring is 1. The molecule has 0 aliphatic carbocycles. The van der Waals surface area contributed by atoms with Gasteiger partial charge in [-0.15, -0.1) is 0 Å². The van der Waals surface area contributed by atoms with E-state index in [4.69, 9.17) is 5.73 Å².